The third-order valence-electron chi connectivity index (χ3n) is 5.27. The van der Waals surface area contributed by atoms with E-state index < -0.39 is 5.82 Å². The van der Waals surface area contributed by atoms with Gasteiger partial charge in [-0.1, -0.05) is 30.3 Å². The number of aromatic nitrogens is 1. The fourth-order valence-electron chi connectivity index (χ4n) is 3.41. The molecule has 5 rings (SSSR count). The summed E-state index contributed by atoms with van der Waals surface area (Å²) in [6.07, 6.45) is 1.60. The van der Waals surface area contributed by atoms with Crippen molar-refractivity contribution in [2.24, 2.45) is 0 Å². The Balaban J connectivity index is 0.000000342. The van der Waals surface area contributed by atoms with Crippen LogP contribution >= 0.6 is 0 Å². The predicted octanol–water partition coefficient (Wildman–Crippen LogP) is 6.74. The standard InChI is InChI=1S/C23H19FN2O3.C6H6FN/c1-27-22-12-17-19(13-23(22)28-14-15-5-3-2-4-6-15)26-10-9-20(17)29-21-8-7-16(25)11-18(21)24;7-5-1-3-6(8)4-2-5/h2-13H,14,25H2,1H3;1-4H,8H2. The van der Waals surface area contributed by atoms with E-state index in [4.69, 9.17) is 25.7 Å². The Hall–Kier alpha value is -4.85. The summed E-state index contributed by atoms with van der Waals surface area (Å²) in [5.74, 6) is 0.835. The number of ether oxygens (including phenoxy) is 3. The molecular weight excluding hydrogens is 476 g/mol. The maximum absolute atomic E-state index is 14.1. The van der Waals surface area contributed by atoms with Gasteiger partial charge in [0, 0.05) is 35.1 Å². The molecule has 1 heterocycles. The molecular formula is C29H25F2N3O3. The molecule has 8 heteroatoms. The molecule has 4 aromatic carbocycles. The monoisotopic (exact) mass is 501 g/mol. The van der Waals surface area contributed by atoms with Crippen LogP contribution in [0, 0.1) is 11.6 Å². The molecule has 5 aromatic rings. The summed E-state index contributed by atoms with van der Waals surface area (Å²) in [6.45, 7) is 0.398. The second kappa shape index (κ2) is 11.7. The zero-order valence-electron chi connectivity index (χ0n) is 20.0. The minimum absolute atomic E-state index is 0.0788. The van der Waals surface area contributed by atoms with Gasteiger partial charge in [-0.15, -0.1) is 0 Å². The van der Waals surface area contributed by atoms with Gasteiger partial charge in [-0.05, 0) is 54.1 Å². The number of fused-ring (bicyclic) bond motifs is 1. The lowest BCUT2D eigenvalue weighted by Gasteiger charge is -2.14. The molecule has 6 nitrogen and oxygen atoms in total. The lowest BCUT2D eigenvalue weighted by atomic mass is 10.1. The summed E-state index contributed by atoms with van der Waals surface area (Å²) < 4.78 is 43.4. The number of nitrogens with two attached hydrogens (primary N) is 2. The van der Waals surface area contributed by atoms with Crippen LogP contribution < -0.4 is 25.7 Å². The minimum atomic E-state index is -0.537. The lowest BCUT2D eigenvalue weighted by Crippen LogP contribution is -1.98. The second-order valence-electron chi connectivity index (χ2n) is 7.95. The van der Waals surface area contributed by atoms with Crippen LogP contribution in [0.25, 0.3) is 10.9 Å². The number of hydrogen-bond acceptors (Lipinski definition) is 6. The molecule has 0 amide bonds. The molecule has 188 valence electrons. The van der Waals surface area contributed by atoms with Crippen molar-refractivity contribution in [1.82, 2.24) is 4.98 Å². The average Bonchev–Trinajstić information content (AvgIpc) is 2.91. The first-order valence-corrected chi connectivity index (χ1v) is 11.3. The Morgan fingerprint density at radius 3 is 2.14 bits per heavy atom. The zero-order chi connectivity index (χ0) is 26.2. The molecule has 37 heavy (non-hydrogen) atoms. The van der Waals surface area contributed by atoms with E-state index in [0.29, 0.717) is 46.1 Å². The van der Waals surface area contributed by atoms with Gasteiger partial charge in [-0.25, -0.2) is 8.78 Å². The van der Waals surface area contributed by atoms with Crippen LogP contribution in [0.5, 0.6) is 23.0 Å². The number of benzene rings is 4. The van der Waals surface area contributed by atoms with Crippen molar-refractivity contribution in [3.63, 3.8) is 0 Å². The zero-order valence-corrected chi connectivity index (χ0v) is 20.0. The molecule has 4 N–H and O–H groups in total. The molecule has 0 saturated heterocycles. The van der Waals surface area contributed by atoms with Gasteiger partial charge in [0.2, 0.25) is 0 Å². The van der Waals surface area contributed by atoms with E-state index in [0.717, 1.165) is 5.56 Å². The van der Waals surface area contributed by atoms with Crippen molar-refractivity contribution in [2.75, 3.05) is 18.6 Å². The van der Waals surface area contributed by atoms with Crippen molar-refractivity contribution >= 4 is 22.3 Å². The average molecular weight is 502 g/mol. The Labute approximate surface area is 213 Å². The highest BCUT2D eigenvalue weighted by Crippen LogP contribution is 2.38. The lowest BCUT2D eigenvalue weighted by molar-refractivity contribution is 0.285. The molecule has 0 unspecified atom stereocenters. The first-order chi connectivity index (χ1) is 17.9. The summed E-state index contributed by atoms with van der Waals surface area (Å²) in [6, 6.07) is 25.1. The van der Waals surface area contributed by atoms with Gasteiger partial charge in [0.25, 0.3) is 0 Å². The molecule has 0 fully saturated rings. The Bertz CT molecular complexity index is 1460. The summed E-state index contributed by atoms with van der Waals surface area (Å²) in [5, 5.41) is 0.674. The molecule has 0 aliphatic heterocycles. The molecule has 0 radical (unpaired) electrons. The van der Waals surface area contributed by atoms with Gasteiger partial charge in [-0.2, -0.15) is 0 Å². The van der Waals surface area contributed by atoms with E-state index >= 15 is 0 Å². The SMILES string of the molecule is COc1cc2c(Oc3ccc(N)cc3F)ccnc2cc1OCc1ccccc1.Nc1ccc(F)cc1. The van der Waals surface area contributed by atoms with Crippen LogP contribution in [0.2, 0.25) is 0 Å². The number of nitrogens with zero attached hydrogens (tertiary/aromatic N) is 1. The van der Waals surface area contributed by atoms with Gasteiger partial charge >= 0.3 is 0 Å². The highest BCUT2D eigenvalue weighted by Gasteiger charge is 2.14. The van der Waals surface area contributed by atoms with Crippen LogP contribution in [-0.4, -0.2) is 12.1 Å². The van der Waals surface area contributed by atoms with Crippen molar-refractivity contribution in [1.29, 1.82) is 0 Å². The molecule has 0 atom stereocenters. The largest absolute Gasteiger partial charge is 0.493 e. The summed E-state index contributed by atoms with van der Waals surface area (Å²) in [7, 11) is 1.56. The van der Waals surface area contributed by atoms with E-state index in [2.05, 4.69) is 4.98 Å². The quantitative estimate of drug-likeness (QED) is 0.250. The van der Waals surface area contributed by atoms with Gasteiger partial charge in [0.05, 0.1) is 12.6 Å². The van der Waals surface area contributed by atoms with Gasteiger partial charge in [-0.3, -0.25) is 4.98 Å². The Morgan fingerprint density at radius 1 is 0.730 bits per heavy atom. The number of halogens is 2. The van der Waals surface area contributed by atoms with Gasteiger partial charge in [0.1, 0.15) is 18.2 Å². The Kier molecular flexibility index (Phi) is 8.00. The van der Waals surface area contributed by atoms with Crippen LogP contribution in [0.4, 0.5) is 20.2 Å². The van der Waals surface area contributed by atoms with Crippen LogP contribution in [0.3, 0.4) is 0 Å². The highest BCUT2D eigenvalue weighted by atomic mass is 19.1. The van der Waals surface area contributed by atoms with E-state index in [1.165, 1.54) is 36.4 Å². The third kappa shape index (κ3) is 6.64. The molecule has 0 bridgehead atoms. The molecule has 1 aromatic heterocycles. The molecule has 0 spiro atoms. The number of pyridine rings is 1. The first kappa shape index (κ1) is 25.2. The van der Waals surface area contributed by atoms with Gasteiger partial charge in [0.15, 0.2) is 23.1 Å². The van der Waals surface area contributed by atoms with Crippen molar-refractivity contribution in [3.05, 3.63) is 114 Å². The number of nitrogen functional groups attached to an aromatic ring is 2. The third-order valence-corrected chi connectivity index (χ3v) is 5.27. The normalized spacial score (nSPS) is 10.4. The van der Waals surface area contributed by atoms with Gasteiger partial charge < -0.3 is 25.7 Å². The van der Waals surface area contributed by atoms with E-state index in [1.807, 2.05) is 30.3 Å². The number of methoxy groups -OCH3 is 1. The van der Waals surface area contributed by atoms with Crippen molar-refractivity contribution in [3.8, 4) is 23.0 Å². The maximum atomic E-state index is 14.1. The molecule has 0 aliphatic carbocycles. The molecule has 0 aliphatic rings. The fourth-order valence-corrected chi connectivity index (χ4v) is 3.41. The summed E-state index contributed by atoms with van der Waals surface area (Å²) >= 11 is 0. The van der Waals surface area contributed by atoms with E-state index in [9.17, 15) is 8.78 Å². The maximum Gasteiger partial charge on any atom is 0.167 e. The number of anilines is 2. The minimum Gasteiger partial charge on any atom is -0.493 e. The molecule has 0 saturated carbocycles. The first-order valence-electron chi connectivity index (χ1n) is 11.3. The topological polar surface area (TPSA) is 92.6 Å². The number of hydrogen-bond donors (Lipinski definition) is 2. The smallest absolute Gasteiger partial charge is 0.167 e. The summed E-state index contributed by atoms with van der Waals surface area (Å²) in [4.78, 5) is 4.38. The second-order valence-corrected chi connectivity index (χ2v) is 7.95. The van der Waals surface area contributed by atoms with Crippen LogP contribution in [0.15, 0.2) is 97.2 Å². The predicted molar refractivity (Wildman–Crippen MR) is 141 cm³/mol. The van der Waals surface area contributed by atoms with E-state index in [-0.39, 0.29) is 11.6 Å². The van der Waals surface area contributed by atoms with Crippen LogP contribution in [0.1, 0.15) is 5.56 Å². The number of rotatable bonds is 6. The highest BCUT2D eigenvalue weighted by molar-refractivity contribution is 5.88. The van der Waals surface area contributed by atoms with Crippen molar-refractivity contribution in [2.45, 2.75) is 6.61 Å². The van der Waals surface area contributed by atoms with Crippen molar-refractivity contribution < 1.29 is 23.0 Å². The van der Waals surface area contributed by atoms with Crippen LogP contribution in [-0.2, 0) is 6.61 Å². The fraction of sp³-hybridized carbons (Fsp3) is 0.0690. The van der Waals surface area contributed by atoms with E-state index in [1.54, 1.807) is 37.6 Å². The Morgan fingerprint density at radius 2 is 1.46 bits per heavy atom. The summed E-state index contributed by atoms with van der Waals surface area (Å²) in [5.41, 5.74) is 13.5.